The van der Waals surface area contributed by atoms with Crippen LogP contribution in [-0.2, 0) is 0 Å². The van der Waals surface area contributed by atoms with E-state index in [-0.39, 0.29) is 15.7 Å². The zero-order valence-corrected chi connectivity index (χ0v) is 8.98. The van der Waals surface area contributed by atoms with Crippen molar-refractivity contribution in [2.24, 2.45) is 0 Å². The average molecular weight is 281 g/mol. The molecular weight excluding hydrogens is 277 g/mol. The van der Waals surface area contributed by atoms with Crippen LogP contribution in [0.5, 0.6) is 5.75 Å². The molecule has 1 heterocycles. The summed E-state index contributed by atoms with van der Waals surface area (Å²) in [5.74, 6) is -0.558. The number of aryl methyl sites for hydroxylation is 1. The standard InChI is InChI=1S/C8H4BrF3N2O/c1-4-5(2-13)7(6(9)3-14-4)15-8(10,11)12/h3H,1H3. The molecule has 7 heteroatoms. The van der Waals surface area contributed by atoms with Gasteiger partial charge >= 0.3 is 6.36 Å². The first-order valence-corrected chi connectivity index (χ1v) is 4.45. The van der Waals surface area contributed by atoms with Crippen LogP contribution in [0.25, 0.3) is 0 Å². The maximum absolute atomic E-state index is 12.0. The van der Waals surface area contributed by atoms with E-state index >= 15 is 0 Å². The highest BCUT2D eigenvalue weighted by atomic mass is 79.9. The summed E-state index contributed by atoms with van der Waals surface area (Å²) in [5, 5.41) is 8.66. The summed E-state index contributed by atoms with van der Waals surface area (Å²) in [5.41, 5.74) is -0.0540. The number of ether oxygens (including phenoxy) is 1. The van der Waals surface area contributed by atoms with Crippen molar-refractivity contribution < 1.29 is 17.9 Å². The van der Waals surface area contributed by atoms with Gasteiger partial charge in [0.15, 0.2) is 5.75 Å². The van der Waals surface area contributed by atoms with E-state index in [0.29, 0.717) is 0 Å². The Kier molecular flexibility index (Phi) is 3.19. The first-order chi connectivity index (χ1) is 6.85. The smallest absolute Gasteiger partial charge is 0.403 e. The minimum absolute atomic E-state index is 0.0121. The molecule has 1 rings (SSSR count). The van der Waals surface area contributed by atoms with Gasteiger partial charge in [0.05, 0.1) is 10.2 Å². The van der Waals surface area contributed by atoms with Gasteiger partial charge in [-0.25, -0.2) is 0 Å². The third-order valence-electron chi connectivity index (χ3n) is 1.51. The number of alkyl halides is 3. The van der Waals surface area contributed by atoms with Crippen LogP contribution in [0.3, 0.4) is 0 Å². The number of hydrogen-bond acceptors (Lipinski definition) is 3. The average Bonchev–Trinajstić information content (AvgIpc) is 2.10. The molecule has 0 bridgehead atoms. The first-order valence-electron chi connectivity index (χ1n) is 3.66. The summed E-state index contributed by atoms with van der Waals surface area (Å²) >= 11 is 2.84. The number of nitrogens with zero attached hydrogens (tertiary/aromatic N) is 2. The second-order valence-corrected chi connectivity index (χ2v) is 3.41. The predicted octanol–water partition coefficient (Wildman–Crippen LogP) is 2.92. The van der Waals surface area contributed by atoms with Crippen molar-refractivity contribution in [3.05, 3.63) is 21.9 Å². The van der Waals surface area contributed by atoms with Crippen LogP contribution in [-0.4, -0.2) is 11.3 Å². The van der Waals surface area contributed by atoms with Crippen molar-refractivity contribution in [3.8, 4) is 11.8 Å². The molecule has 0 saturated carbocycles. The lowest BCUT2D eigenvalue weighted by Crippen LogP contribution is -2.18. The SMILES string of the molecule is Cc1ncc(Br)c(OC(F)(F)F)c1C#N. The molecule has 0 aliphatic heterocycles. The molecule has 80 valence electrons. The highest BCUT2D eigenvalue weighted by molar-refractivity contribution is 9.10. The zero-order valence-electron chi connectivity index (χ0n) is 7.39. The number of rotatable bonds is 1. The first kappa shape index (κ1) is 11.8. The number of pyridine rings is 1. The molecule has 1 aromatic heterocycles. The lowest BCUT2D eigenvalue weighted by molar-refractivity contribution is -0.275. The molecule has 0 fully saturated rings. The fourth-order valence-electron chi connectivity index (χ4n) is 0.908. The van der Waals surface area contributed by atoms with Crippen molar-refractivity contribution in [1.82, 2.24) is 4.98 Å². The van der Waals surface area contributed by atoms with Gasteiger partial charge in [-0.3, -0.25) is 4.98 Å². The lowest BCUT2D eigenvalue weighted by Gasteiger charge is -2.12. The van der Waals surface area contributed by atoms with Crippen LogP contribution in [0.2, 0.25) is 0 Å². The molecule has 3 nitrogen and oxygen atoms in total. The molecule has 0 unspecified atom stereocenters. The third-order valence-corrected chi connectivity index (χ3v) is 2.07. The van der Waals surface area contributed by atoms with Gasteiger partial charge in [0, 0.05) is 6.20 Å². The highest BCUT2D eigenvalue weighted by Crippen LogP contribution is 2.33. The second-order valence-electron chi connectivity index (χ2n) is 2.56. The summed E-state index contributed by atoms with van der Waals surface area (Å²) in [6.07, 6.45) is -3.68. The van der Waals surface area contributed by atoms with Gasteiger partial charge in [0.1, 0.15) is 11.6 Å². The van der Waals surface area contributed by atoms with E-state index in [2.05, 4.69) is 25.7 Å². The van der Waals surface area contributed by atoms with Crippen LogP contribution < -0.4 is 4.74 Å². The summed E-state index contributed by atoms with van der Waals surface area (Å²) in [7, 11) is 0. The van der Waals surface area contributed by atoms with Gasteiger partial charge in [0.2, 0.25) is 0 Å². The minimum Gasteiger partial charge on any atom is -0.403 e. The monoisotopic (exact) mass is 280 g/mol. The van der Waals surface area contributed by atoms with Crippen LogP contribution in [0.4, 0.5) is 13.2 Å². The van der Waals surface area contributed by atoms with Gasteiger partial charge in [-0.05, 0) is 22.9 Å². The molecule has 0 aromatic carbocycles. The fourth-order valence-corrected chi connectivity index (χ4v) is 1.29. The fraction of sp³-hybridized carbons (Fsp3) is 0.250. The lowest BCUT2D eigenvalue weighted by atomic mass is 10.2. The molecule has 0 radical (unpaired) electrons. The maximum Gasteiger partial charge on any atom is 0.573 e. The summed E-state index contributed by atoms with van der Waals surface area (Å²) < 4.78 is 39.7. The van der Waals surface area contributed by atoms with Gasteiger partial charge in [-0.15, -0.1) is 13.2 Å². The van der Waals surface area contributed by atoms with Crippen molar-refractivity contribution in [3.63, 3.8) is 0 Å². The summed E-state index contributed by atoms with van der Waals surface area (Å²) in [6, 6.07) is 1.61. The Bertz CT molecular complexity index is 425. The molecule has 0 atom stereocenters. The number of aromatic nitrogens is 1. The van der Waals surface area contributed by atoms with E-state index in [4.69, 9.17) is 5.26 Å². The van der Waals surface area contributed by atoms with Crippen molar-refractivity contribution in [2.45, 2.75) is 13.3 Å². The normalized spacial score (nSPS) is 10.9. The predicted molar refractivity (Wildman–Crippen MR) is 48.1 cm³/mol. The molecule has 0 saturated heterocycles. The van der Waals surface area contributed by atoms with E-state index in [1.165, 1.54) is 6.92 Å². The Hall–Kier alpha value is -1.29. The molecule has 0 aliphatic carbocycles. The molecule has 0 spiro atoms. The molecule has 0 aliphatic rings. The van der Waals surface area contributed by atoms with Crippen molar-refractivity contribution in [1.29, 1.82) is 5.26 Å². The molecular formula is C8H4BrF3N2O. The summed E-state index contributed by atoms with van der Waals surface area (Å²) in [4.78, 5) is 3.72. The molecule has 0 N–H and O–H groups in total. The Morgan fingerprint density at radius 2 is 2.13 bits per heavy atom. The van der Waals surface area contributed by atoms with Crippen molar-refractivity contribution in [2.75, 3.05) is 0 Å². The van der Waals surface area contributed by atoms with Crippen molar-refractivity contribution >= 4 is 15.9 Å². The topological polar surface area (TPSA) is 45.9 Å². The zero-order chi connectivity index (χ0) is 11.6. The van der Waals surface area contributed by atoms with Gasteiger partial charge < -0.3 is 4.74 Å². The number of nitriles is 1. The van der Waals surface area contributed by atoms with Crippen LogP contribution in [0.15, 0.2) is 10.7 Å². The largest absolute Gasteiger partial charge is 0.573 e. The Labute approximate surface area is 91.6 Å². The van der Waals surface area contributed by atoms with E-state index in [0.717, 1.165) is 6.20 Å². The van der Waals surface area contributed by atoms with E-state index < -0.39 is 12.1 Å². The number of hydrogen-bond donors (Lipinski definition) is 0. The van der Waals surface area contributed by atoms with E-state index in [1.54, 1.807) is 6.07 Å². The quantitative estimate of drug-likeness (QED) is 0.795. The molecule has 0 amide bonds. The minimum atomic E-state index is -4.83. The Morgan fingerprint density at radius 3 is 2.60 bits per heavy atom. The van der Waals surface area contributed by atoms with E-state index in [1.807, 2.05) is 0 Å². The van der Waals surface area contributed by atoms with Gasteiger partial charge in [-0.2, -0.15) is 5.26 Å². The van der Waals surface area contributed by atoms with Crippen LogP contribution in [0.1, 0.15) is 11.3 Å². The van der Waals surface area contributed by atoms with E-state index in [9.17, 15) is 13.2 Å². The molecule has 1 aromatic rings. The number of halogens is 4. The third kappa shape index (κ3) is 2.83. The second kappa shape index (κ2) is 4.06. The Morgan fingerprint density at radius 1 is 1.53 bits per heavy atom. The van der Waals surface area contributed by atoms with Gasteiger partial charge in [-0.1, -0.05) is 0 Å². The van der Waals surface area contributed by atoms with Gasteiger partial charge in [0.25, 0.3) is 0 Å². The maximum atomic E-state index is 12.0. The summed E-state index contributed by atoms with van der Waals surface area (Å²) in [6.45, 7) is 1.42. The molecule has 15 heavy (non-hydrogen) atoms. The van der Waals surface area contributed by atoms with Crippen LogP contribution >= 0.6 is 15.9 Å². The highest BCUT2D eigenvalue weighted by Gasteiger charge is 2.33. The van der Waals surface area contributed by atoms with Crippen LogP contribution in [0, 0.1) is 18.3 Å². The Balaban J connectivity index is 3.28.